The summed E-state index contributed by atoms with van der Waals surface area (Å²) < 4.78 is 0. The van der Waals surface area contributed by atoms with Gasteiger partial charge in [-0.2, -0.15) is 0 Å². The van der Waals surface area contributed by atoms with Crippen molar-refractivity contribution < 1.29 is 9.72 Å². The van der Waals surface area contributed by atoms with Crippen LogP contribution in [0.2, 0.25) is 5.02 Å². The fraction of sp³-hybridized carbons (Fsp3) is 0.125. The highest BCUT2D eigenvalue weighted by Crippen LogP contribution is 2.37. The maximum Gasteiger partial charge on any atom is 0.284 e. The second-order valence-corrected chi connectivity index (χ2v) is 6.16. The van der Waals surface area contributed by atoms with E-state index in [1.54, 1.807) is 30.3 Å². The normalized spacial score (nSPS) is 10.3. The van der Waals surface area contributed by atoms with Gasteiger partial charge in [-0.15, -0.1) is 0 Å². The first-order valence-electron chi connectivity index (χ1n) is 6.72. The van der Waals surface area contributed by atoms with Gasteiger partial charge in [0, 0.05) is 16.0 Å². The van der Waals surface area contributed by atoms with Crippen LogP contribution in [0.25, 0.3) is 0 Å². The smallest absolute Gasteiger partial charge is 0.267 e. The van der Waals surface area contributed by atoms with Gasteiger partial charge in [-0.05, 0) is 49.0 Å². The summed E-state index contributed by atoms with van der Waals surface area (Å²) in [6.07, 6.45) is 0.558. The molecule has 2 aromatic carbocycles. The van der Waals surface area contributed by atoms with E-state index in [1.807, 2.05) is 6.92 Å². The minimum atomic E-state index is -0.562. The molecule has 0 saturated heterocycles. The number of nitrogens with zero attached hydrogens (tertiary/aromatic N) is 2. The minimum Gasteiger partial charge on any atom is -0.267 e. The van der Waals surface area contributed by atoms with Gasteiger partial charge in [-0.3, -0.25) is 14.9 Å². The topological polar surface area (TPSA) is 72.6 Å². The van der Waals surface area contributed by atoms with Crippen LogP contribution < -0.4 is 0 Å². The van der Waals surface area contributed by atoms with Gasteiger partial charge in [0.25, 0.3) is 11.6 Å². The first-order chi connectivity index (χ1) is 11.0. The minimum absolute atomic E-state index is 0.130. The Labute approximate surface area is 142 Å². The number of benzene rings is 2. The summed E-state index contributed by atoms with van der Waals surface area (Å²) in [6.45, 7) is 5.07. The van der Waals surface area contributed by atoms with Crippen molar-refractivity contribution in [3.63, 3.8) is 0 Å². The highest BCUT2D eigenvalue weighted by molar-refractivity contribution is 7.99. The second-order valence-electron chi connectivity index (χ2n) is 4.61. The van der Waals surface area contributed by atoms with E-state index >= 15 is 0 Å². The standard InChI is InChI=1S/C16H13ClN2O3S/c1-3-10-8-15(23-12-6-4-11(17)5-7-12)14(19(21)22)9-13(10)16(20)18-2/h4-9H,2-3H2,1H3. The van der Waals surface area contributed by atoms with Crippen molar-refractivity contribution in [2.75, 3.05) is 0 Å². The van der Waals surface area contributed by atoms with Gasteiger partial charge in [0.2, 0.25) is 0 Å². The van der Waals surface area contributed by atoms with Crippen molar-refractivity contribution in [1.82, 2.24) is 0 Å². The molecule has 5 nitrogen and oxygen atoms in total. The highest BCUT2D eigenvalue weighted by Gasteiger charge is 2.21. The fourth-order valence-corrected chi connectivity index (χ4v) is 3.13. The number of aliphatic imine (C=N–C) groups is 1. The number of hydrogen-bond donors (Lipinski definition) is 0. The van der Waals surface area contributed by atoms with Crippen molar-refractivity contribution >= 4 is 41.7 Å². The molecule has 1 amide bonds. The summed E-state index contributed by atoms with van der Waals surface area (Å²) in [6, 6.07) is 9.94. The second kappa shape index (κ2) is 7.39. The number of hydrogen-bond acceptors (Lipinski definition) is 4. The van der Waals surface area contributed by atoms with Gasteiger partial charge in [-0.25, -0.2) is 4.99 Å². The summed E-state index contributed by atoms with van der Waals surface area (Å²) in [5, 5.41) is 11.9. The molecule has 0 aliphatic heterocycles. The maximum atomic E-state index is 11.8. The lowest BCUT2D eigenvalue weighted by molar-refractivity contribution is -0.387. The molecule has 0 atom stereocenters. The Balaban J connectivity index is 2.53. The van der Waals surface area contributed by atoms with E-state index in [9.17, 15) is 14.9 Å². The zero-order chi connectivity index (χ0) is 17.0. The van der Waals surface area contributed by atoms with Crippen LogP contribution >= 0.6 is 23.4 Å². The lowest BCUT2D eigenvalue weighted by Gasteiger charge is -2.09. The number of rotatable bonds is 5. The molecule has 0 N–H and O–H groups in total. The van der Waals surface area contributed by atoms with E-state index in [0.29, 0.717) is 21.9 Å². The van der Waals surface area contributed by atoms with E-state index < -0.39 is 10.8 Å². The summed E-state index contributed by atoms with van der Waals surface area (Å²) >= 11 is 7.10. The van der Waals surface area contributed by atoms with E-state index in [4.69, 9.17) is 11.6 Å². The van der Waals surface area contributed by atoms with Crippen molar-refractivity contribution in [2.24, 2.45) is 4.99 Å². The summed E-state index contributed by atoms with van der Waals surface area (Å²) in [4.78, 5) is 27.3. The molecule has 2 rings (SSSR count). The fourth-order valence-electron chi connectivity index (χ4n) is 2.04. The quantitative estimate of drug-likeness (QED) is 0.442. The molecule has 0 radical (unpaired) electrons. The monoisotopic (exact) mass is 348 g/mol. The third-order valence-corrected chi connectivity index (χ3v) is 4.48. The van der Waals surface area contributed by atoms with Gasteiger partial charge in [0.05, 0.1) is 15.4 Å². The van der Waals surface area contributed by atoms with E-state index in [1.165, 1.54) is 17.8 Å². The third-order valence-electron chi connectivity index (χ3n) is 3.18. The SMILES string of the molecule is C=NC(=O)c1cc([N+](=O)[O-])c(Sc2ccc(Cl)cc2)cc1CC. The maximum absolute atomic E-state index is 11.8. The molecule has 0 aromatic heterocycles. The van der Waals surface area contributed by atoms with Crippen LogP contribution in [0.1, 0.15) is 22.8 Å². The van der Waals surface area contributed by atoms with E-state index in [-0.39, 0.29) is 11.3 Å². The first-order valence-corrected chi connectivity index (χ1v) is 7.91. The molecule has 0 spiro atoms. The van der Waals surface area contributed by atoms with Crippen LogP contribution in [-0.4, -0.2) is 17.5 Å². The van der Waals surface area contributed by atoms with Gasteiger partial charge in [0.15, 0.2) is 0 Å². The Kier molecular flexibility index (Phi) is 5.52. The molecule has 2 aromatic rings. The van der Waals surface area contributed by atoms with Crippen LogP contribution in [0.15, 0.2) is 51.2 Å². The number of halogens is 1. The Bertz CT molecular complexity index is 776. The number of nitro groups is 1. The predicted octanol–water partition coefficient (Wildman–Crippen LogP) is 4.80. The third kappa shape index (κ3) is 3.97. The molecule has 0 aliphatic rings. The zero-order valence-corrected chi connectivity index (χ0v) is 13.9. The Hall–Kier alpha value is -2.18. The average molecular weight is 349 g/mol. The van der Waals surface area contributed by atoms with Crippen molar-refractivity contribution in [1.29, 1.82) is 0 Å². The van der Waals surface area contributed by atoms with Crippen molar-refractivity contribution in [3.8, 4) is 0 Å². The zero-order valence-electron chi connectivity index (χ0n) is 12.3. The van der Waals surface area contributed by atoms with Crippen LogP contribution in [-0.2, 0) is 6.42 Å². The molecule has 7 heteroatoms. The average Bonchev–Trinajstić information content (AvgIpc) is 2.55. The van der Waals surface area contributed by atoms with Gasteiger partial charge < -0.3 is 0 Å². The molecule has 118 valence electrons. The van der Waals surface area contributed by atoms with Crippen molar-refractivity contribution in [3.05, 3.63) is 62.7 Å². The molecule has 0 unspecified atom stereocenters. The highest BCUT2D eigenvalue weighted by atomic mass is 35.5. The van der Waals surface area contributed by atoms with Crippen LogP contribution in [0.3, 0.4) is 0 Å². The van der Waals surface area contributed by atoms with Gasteiger partial charge in [-0.1, -0.05) is 30.3 Å². The largest absolute Gasteiger partial charge is 0.284 e. The van der Waals surface area contributed by atoms with E-state index in [2.05, 4.69) is 11.7 Å². The Morgan fingerprint density at radius 2 is 2.00 bits per heavy atom. The molecule has 0 saturated carbocycles. The van der Waals surface area contributed by atoms with Gasteiger partial charge >= 0.3 is 0 Å². The summed E-state index contributed by atoms with van der Waals surface area (Å²) in [7, 11) is 0. The Morgan fingerprint density at radius 1 is 1.35 bits per heavy atom. The molecule has 0 bridgehead atoms. The first kappa shape index (κ1) is 17.2. The number of carbonyl (C=O) groups excluding carboxylic acids is 1. The van der Waals surface area contributed by atoms with Crippen LogP contribution in [0.5, 0.6) is 0 Å². The molecule has 0 fully saturated rings. The Morgan fingerprint density at radius 3 is 2.52 bits per heavy atom. The number of aryl methyl sites for hydroxylation is 1. The predicted molar refractivity (Wildman–Crippen MR) is 91.9 cm³/mol. The lowest BCUT2D eigenvalue weighted by Crippen LogP contribution is -2.03. The van der Waals surface area contributed by atoms with Crippen molar-refractivity contribution in [2.45, 2.75) is 23.1 Å². The molecular weight excluding hydrogens is 336 g/mol. The van der Waals surface area contributed by atoms with Crippen LogP contribution in [0.4, 0.5) is 5.69 Å². The molecular formula is C16H13ClN2O3S. The van der Waals surface area contributed by atoms with Gasteiger partial charge in [0.1, 0.15) is 0 Å². The molecule has 0 aliphatic carbocycles. The summed E-state index contributed by atoms with van der Waals surface area (Å²) in [5.41, 5.74) is 0.785. The number of carbonyl (C=O) groups is 1. The van der Waals surface area contributed by atoms with Crippen LogP contribution in [0, 0.1) is 10.1 Å². The number of nitro benzene ring substituents is 1. The summed E-state index contributed by atoms with van der Waals surface area (Å²) in [5.74, 6) is -0.562. The number of amides is 1. The molecule has 23 heavy (non-hydrogen) atoms. The van der Waals surface area contributed by atoms with E-state index in [0.717, 1.165) is 4.90 Å². The lowest BCUT2D eigenvalue weighted by atomic mass is 10.0. The molecule has 0 heterocycles.